The lowest BCUT2D eigenvalue weighted by Crippen LogP contribution is -2.44. The van der Waals surface area contributed by atoms with Crippen molar-refractivity contribution in [1.29, 1.82) is 0 Å². The lowest BCUT2D eigenvalue weighted by molar-refractivity contribution is -0.140. The second-order valence-corrected chi connectivity index (χ2v) is 7.10. The number of methoxy groups -OCH3 is 1. The van der Waals surface area contributed by atoms with Gasteiger partial charge in [0, 0.05) is 4.88 Å². The molecule has 0 aliphatic heterocycles. The highest BCUT2D eigenvalue weighted by molar-refractivity contribution is 7.14. The molecule has 0 bridgehead atoms. The van der Waals surface area contributed by atoms with Crippen LogP contribution in [0.25, 0.3) is 11.1 Å². The summed E-state index contributed by atoms with van der Waals surface area (Å²) in [5.74, 6) is -0.801. The molecule has 2 aromatic rings. The predicted molar refractivity (Wildman–Crippen MR) is 94.8 cm³/mol. The third-order valence-electron chi connectivity index (χ3n) is 3.76. The normalized spacial score (nSPS) is 12.0. The standard InChI is InChI=1S/C18H21NO4S/c1-10(2)16(18(21)22)19-17(20)15-9-14(11(3)24-15)12-5-7-13(23-4)8-6-12/h5-10,16H,1-4H3,(H,19,20)(H,21,22)/t16-/m1/s1. The molecule has 24 heavy (non-hydrogen) atoms. The van der Waals surface area contributed by atoms with Crippen LogP contribution in [0.5, 0.6) is 5.75 Å². The highest BCUT2D eigenvalue weighted by Gasteiger charge is 2.25. The summed E-state index contributed by atoms with van der Waals surface area (Å²) in [5, 5.41) is 11.8. The Morgan fingerprint density at radius 1 is 1.21 bits per heavy atom. The first-order valence-corrected chi connectivity index (χ1v) is 8.43. The van der Waals surface area contributed by atoms with Crippen LogP contribution in [0.15, 0.2) is 30.3 Å². The van der Waals surface area contributed by atoms with Gasteiger partial charge < -0.3 is 15.2 Å². The molecule has 0 radical (unpaired) electrons. The number of rotatable bonds is 6. The number of carboxylic acid groups (broad SMARTS) is 1. The molecule has 2 rings (SSSR count). The molecule has 1 aromatic carbocycles. The van der Waals surface area contributed by atoms with E-state index in [0.717, 1.165) is 21.8 Å². The molecule has 0 saturated carbocycles. The summed E-state index contributed by atoms with van der Waals surface area (Å²) < 4.78 is 5.15. The number of carboxylic acids is 1. The van der Waals surface area contributed by atoms with E-state index in [1.165, 1.54) is 11.3 Å². The van der Waals surface area contributed by atoms with Gasteiger partial charge in [-0.1, -0.05) is 26.0 Å². The fourth-order valence-electron chi connectivity index (χ4n) is 2.38. The van der Waals surface area contributed by atoms with Crippen molar-refractivity contribution in [2.75, 3.05) is 7.11 Å². The van der Waals surface area contributed by atoms with Crippen LogP contribution in [0.4, 0.5) is 0 Å². The number of aliphatic carboxylic acids is 1. The van der Waals surface area contributed by atoms with Crippen molar-refractivity contribution in [3.8, 4) is 16.9 Å². The predicted octanol–water partition coefficient (Wildman–Crippen LogP) is 3.57. The van der Waals surface area contributed by atoms with Crippen LogP contribution in [-0.2, 0) is 4.79 Å². The van der Waals surface area contributed by atoms with Crippen molar-refractivity contribution in [2.24, 2.45) is 5.92 Å². The molecule has 0 aliphatic rings. The van der Waals surface area contributed by atoms with E-state index in [1.54, 1.807) is 27.0 Å². The quantitative estimate of drug-likeness (QED) is 0.837. The Balaban J connectivity index is 2.23. The van der Waals surface area contributed by atoms with Crippen molar-refractivity contribution in [3.63, 3.8) is 0 Å². The zero-order valence-corrected chi connectivity index (χ0v) is 14.9. The minimum atomic E-state index is -1.03. The Morgan fingerprint density at radius 3 is 2.33 bits per heavy atom. The van der Waals surface area contributed by atoms with Crippen molar-refractivity contribution < 1.29 is 19.4 Å². The molecular weight excluding hydrogens is 326 g/mol. The number of carbonyl (C=O) groups is 2. The molecule has 1 amide bonds. The zero-order valence-electron chi connectivity index (χ0n) is 14.1. The Labute approximate surface area is 145 Å². The SMILES string of the molecule is COc1ccc(-c2cc(C(=O)N[C@@H](C(=O)O)C(C)C)sc2C)cc1. The van der Waals surface area contributed by atoms with Gasteiger partial charge in [0.1, 0.15) is 11.8 Å². The molecule has 0 unspecified atom stereocenters. The van der Waals surface area contributed by atoms with Crippen molar-refractivity contribution >= 4 is 23.2 Å². The first-order chi connectivity index (χ1) is 11.3. The van der Waals surface area contributed by atoms with Gasteiger partial charge in [0.05, 0.1) is 12.0 Å². The van der Waals surface area contributed by atoms with E-state index in [-0.39, 0.29) is 11.8 Å². The van der Waals surface area contributed by atoms with E-state index in [4.69, 9.17) is 4.74 Å². The lowest BCUT2D eigenvalue weighted by Gasteiger charge is -2.17. The summed E-state index contributed by atoms with van der Waals surface area (Å²) in [4.78, 5) is 25.1. The van der Waals surface area contributed by atoms with E-state index in [2.05, 4.69) is 5.32 Å². The molecule has 2 N–H and O–H groups in total. The molecule has 5 nitrogen and oxygen atoms in total. The summed E-state index contributed by atoms with van der Waals surface area (Å²) in [5.41, 5.74) is 1.95. The Hall–Kier alpha value is -2.34. The van der Waals surface area contributed by atoms with Crippen LogP contribution < -0.4 is 10.1 Å². The number of carbonyl (C=O) groups excluding carboxylic acids is 1. The molecule has 1 aromatic heterocycles. The summed E-state index contributed by atoms with van der Waals surface area (Å²) in [6, 6.07) is 8.50. The topological polar surface area (TPSA) is 75.6 Å². The van der Waals surface area contributed by atoms with Crippen LogP contribution in [0.2, 0.25) is 0 Å². The fraction of sp³-hybridized carbons (Fsp3) is 0.333. The molecule has 128 valence electrons. The molecule has 1 atom stereocenters. The maximum Gasteiger partial charge on any atom is 0.326 e. The van der Waals surface area contributed by atoms with Crippen molar-refractivity contribution in [3.05, 3.63) is 40.1 Å². The maximum atomic E-state index is 12.4. The molecule has 1 heterocycles. The third-order valence-corrected chi connectivity index (χ3v) is 4.81. The zero-order chi connectivity index (χ0) is 17.9. The lowest BCUT2D eigenvalue weighted by atomic mass is 10.0. The van der Waals surface area contributed by atoms with Crippen LogP contribution >= 0.6 is 11.3 Å². The smallest absolute Gasteiger partial charge is 0.326 e. The number of ether oxygens (including phenoxy) is 1. The second-order valence-electron chi connectivity index (χ2n) is 5.84. The number of amides is 1. The molecular formula is C18H21NO4S. The Bertz CT molecular complexity index is 734. The molecule has 0 aliphatic carbocycles. The summed E-state index contributed by atoms with van der Waals surface area (Å²) in [7, 11) is 1.61. The summed E-state index contributed by atoms with van der Waals surface area (Å²) in [6.07, 6.45) is 0. The number of nitrogens with one attached hydrogen (secondary N) is 1. The van der Waals surface area contributed by atoms with Gasteiger partial charge in [0.25, 0.3) is 5.91 Å². The van der Waals surface area contributed by atoms with Gasteiger partial charge >= 0.3 is 5.97 Å². The van der Waals surface area contributed by atoms with Gasteiger partial charge in [-0.3, -0.25) is 4.79 Å². The van der Waals surface area contributed by atoms with Crippen molar-refractivity contribution in [1.82, 2.24) is 5.32 Å². The van der Waals surface area contributed by atoms with E-state index in [9.17, 15) is 14.7 Å². The van der Waals surface area contributed by atoms with Crippen LogP contribution in [0.1, 0.15) is 28.4 Å². The van der Waals surface area contributed by atoms with Gasteiger partial charge in [0.15, 0.2) is 0 Å². The van der Waals surface area contributed by atoms with Gasteiger partial charge in [-0.05, 0) is 42.2 Å². The first kappa shape index (κ1) is 18.0. The van der Waals surface area contributed by atoms with Gasteiger partial charge in [0.2, 0.25) is 0 Å². The minimum absolute atomic E-state index is 0.187. The molecule has 0 saturated heterocycles. The monoisotopic (exact) mass is 347 g/mol. The number of hydrogen-bond acceptors (Lipinski definition) is 4. The van der Waals surface area contributed by atoms with Gasteiger partial charge in [-0.15, -0.1) is 11.3 Å². The number of aryl methyl sites for hydroxylation is 1. The van der Waals surface area contributed by atoms with Crippen LogP contribution in [0.3, 0.4) is 0 Å². The van der Waals surface area contributed by atoms with Crippen LogP contribution in [-0.4, -0.2) is 30.1 Å². The third kappa shape index (κ3) is 3.94. The average molecular weight is 347 g/mol. The average Bonchev–Trinajstić information content (AvgIpc) is 2.93. The van der Waals surface area contributed by atoms with Gasteiger partial charge in [-0.2, -0.15) is 0 Å². The summed E-state index contributed by atoms with van der Waals surface area (Å²) in [6.45, 7) is 5.47. The second kappa shape index (κ2) is 7.49. The first-order valence-electron chi connectivity index (χ1n) is 7.62. The van der Waals surface area contributed by atoms with E-state index < -0.39 is 12.0 Å². The van der Waals surface area contributed by atoms with E-state index >= 15 is 0 Å². The largest absolute Gasteiger partial charge is 0.497 e. The molecule has 6 heteroatoms. The van der Waals surface area contributed by atoms with Gasteiger partial charge in [-0.25, -0.2) is 4.79 Å². The highest BCUT2D eigenvalue weighted by atomic mass is 32.1. The molecule has 0 spiro atoms. The fourth-order valence-corrected chi connectivity index (χ4v) is 3.32. The van der Waals surface area contributed by atoms with Crippen LogP contribution in [0, 0.1) is 12.8 Å². The maximum absolute atomic E-state index is 12.4. The molecule has 0 fully saturated rings. The van der Waals surface area contributed by atoms with Crippen molar-refractivity contribution in [2.45, 2.75) is 26.8 Å². The van der Waals surface area contributed by atoms with E-state index in [1.807, 2.05) is 31.2 Å². The Kier molecular flexibility index (Phi) is 5.62. The number of benzene rings is 1. The number of hydrogen-bond donors (Lipinski definition) is 2. The highest BCUT2D eigenvalue weighted by Crippen LogP contribution is 2.32. The van der Waals surface area contributed by atoms with E-state index in [0.29, 0.717) is 4.88 Å². The minimum Gasteiger partial charge on any atom is -0.497 e. The summed E-state index contributed by atoms with van der Waals surface area (Å²) >= 11 is 1.36. The Morgan fingerprint density at radius 2 is 1.83 bits per heavy atom. The number of thiophene rings is 1.